The molecule has 5 heteroatoms. The van der Waals surface area contributed by atoms with E-state index in [0.717, 1.165) is 42.8 Å². The smallest absolute Gasteiger partial charge is 0.191 e. The van der Waals surface area contributed by atoms with Crippen molar-refractivity contribution in [3.63, 3.8) is 0 Å². The lowest BCUT2D eigenvalue weighted by molar-refractivity contribution is 0.252. The standard InChI is InChI=1S/C17H25N3OS/c1-21-15-5-3-14(4-6-15)17(7-2-8-17)13-19-16(18)20-9-11-22-12-10-20/h3-6H,2,7-13H2,1H3,(H2,18,19). The quantitative estimate of drug-likeness (QED) is 0.684. The molecular weight excluding hydrogens is 294 g/mol. The second-order valence-electron chi connectivity index (χ2n) is 6.14. The maximum atomic E-state index is 6.20. The maximum Gasteiger partial charge on any atom is 0.191 e. The summed E-state index contributed by atoms with van der Waals surface area (Å²) in [6.45, 7) is 2.85. The van der Waals surface area contributed by atoms with Gasteiger partial charge < -0.3 is 15.4 Å². The molecule has 4 nitrogen and oxygen atoms in total. The summed E-state index contributed by atoms with van der Waals surface area (Å²) in [4.78, 5) is 6.96. The van der Waals surface area contributed by atoms with E-state index in [2.05, 4.69) is 17.0 Å². The second kappa shape index (κ2) is 6.82. The van der Waals surface area contributed by atoms with Crippen molar-refractivity contribution < 1.29 is 4.74 Å². The Morgan fingerprint density at radius 1 is 1.27 bits per heavy atom. The molecule has 1 saturated heterocycles. The van der Waals surface area contributed by atoms with Crippen LogP contribution in [0.3, 0.4) is 0 Å². The molecule has 0 spiro atoms. The Morgan fingerprint density at radius 2 is 1.95 bits per heavy atom. The molecule has 1 aromatic rings. The maximum absolute atomic E-state index is 6.20. The lowest BCUT2D eigenvalue weighted by Crippen LogP contribution is -2.44. The number of guanidine groups is 1. The first-order valence-corrected chi connectivity index (χ1v) is 9.16. The van der Waals surface area contributed by atoms with E-state index in [1.807, 2.05) is 23.9 Å². The molecule has 0 amide bonds. The van der Waals surface area contributed by atoms with Crippen LogP contribution in [0.2, 0.25) is 0 Å². The number of ether oxygens (including phenoxy) is 1. The zero-order valence-electron chi connectivity index (χ0n) is 13.3. The lowest BCUT2D eigenvalue weighted by Gasteiger charge is -2.41. The number of aliphatic imine (C=N–C) groups is 1. The van der Waals surface area contributed by atoms with E-state index in [4.69, 9.17) is 15.5 Å². The molecule has 0 radical (unpaired) electrons. The molecular formula is C17H25N3OS. The van der Waals surface area contributed by atoms with Gasteiger partial charge in [0.25, 0.3) is 0 Å². The molecule has 2 aliphatic rings. The summed E-state index contributed by atoms with van der Waals surface area (Å²) >= 11 is 1.99. The van der Waals surface area contributed by atoms with Gasteiger partial charge in [-0.2, -0.15) is 11.8 Å². The largest absolute Gasteiger partial charge is 0.497 e. The van der Waals surface area contributed by atoms with Crippen molar-refractivity contribution in [2.24, 2.45) is 10.7 Å². The zero-order valence-corrected chi connectivity index (χ0v) is 14.1. The summed E-state index contributed by atoms with van der Waals surface area (Å²) in [5.41, 5.74) is 7.75. The van der Waals surface area contributed by atoms with Crippen LogP contribution in [0.1, 0.15) is 24.8 Å². The Kier molecular flexibility index (Phi) is 4.81. The third kappa shape index (κ3) is 3.19. The van der Waals surface area contributed by atoms with Crippen LogP contribution in [0.15, 0.2) is 29.3 Å². The lowest BCUT2D eigenvalue weighted by atomic mass is 9.64. The van der Waals surface area contributed by atoms with Crippen LogP contribution in [0, 0.1) is 0 Å². The van der Waals surface area contributed by atoms with E-state index >= 15 is 0 Å². The fourth-order valence-corrected chi connectivity index (χ4v) is 4.11. The molecule has 3 rings (SSSR count). The molecule has 0 atom stereocenters. The number of nitrogens with two attached hydrogens (primary N) is 1. The first-order chi connectivity index (χ1) is 10.7. The van der Waals surface area contributed by atoms with Crippen LogP contribution >= 0.6 is 11.8 Å². The summed E-state index contributed by atoms with van der Waals surface area (Å²) in [6.07, 6.45) is 3.68. The van der Waals surface area contributed by atoms with E-state index < -0.39 is 0 Å². The number of hydrogen-bond donors (Lipinski definition) is 1. The molecule has 1 aromatic carbocycles. The summed E-state index contributed by atoms with van der Waals surface area (Å²) in [5, 5.41) is 0. The van der Waals surface area contributed by atoms with Crippen LogP contribution in [0.4, 0.5) is 0 Å². The van der Waals surface area contributed by atoms with E-state index in [0.29, 0.717) is 0 Å². The molecule has 0 aromatic heterocycles. The predicted molar refractivity (Wildman–Crippen MR) is 93.9 cm³/mol. The number of thioether (sulfide) groups is 1. The Balaban J connectivity index is 1.70. The van der Waals surface area contributed by atoms with Gasteiger partial charge >= 0.3 is 0 Å². The van der Waals surface area contributed by atoms with Gasteiger partial charge in [-0.3, -0.25) is 4.99 Å². The minimum absolute atomic E-state index is 0.182. The van der Waals surface area contributed by atoms with Gasteiger partial charge in [-0.1, -0.05) is 18.6 Å². The van der Waals surface area contributed by atoms with Gasteiger partial charge in [0.1, 0.15) is 5.75 Å². The third-order valence-corrected chi connectivity index (χ3v) is 5.83. The molecule has 1 aliphatic carbocycles. The predicted octanol–water partition coefficient (Wildman–Crippen LogP) is 2.48. The SMILES string of the molecule is COc1ccc(C2(CN=C(N)N3CCSCC3)CCC2)cc1. The fourth-order valence-electron chi connectivity index (χ4n) is 3.21. The number of benzene rings is 1. The van der Waals surface area contributed by atoms with Crippen LogP contribution < -0.4 is 10.5 Å². The first-order valence-electron chi connectivity index (χ1n) is 8.01. The Bertz CT molecular complexity index is 519. The zero-order chi connectivity index (χ0) is 15.4. The summed E-state index contributed by atoms with van der Waals surface area (Å²) in [6, 6.07) is 8.46. The molecule has 22 heavy (non-hydrogen) atoms. The van der Waals surface area contributed by atoms with Crippen molar-refractivity contribution in [3.8, 4) is 5.75 Å². The van der Waals surface area contributed by atoms with Crippen molar-refractivity contribution in [1.82, 2.24) is 4.90 Å². The topological polar surface area (TPSA) is 50.9 Å². The fraction of sp³-hybridized carbons (Fsp3) is 0.588. The molecule has 1 heterocycles. The van der Waals surface area contributed by atoms with Crippen molar-refractivity contribution in [1.29, 1.82) is 0 Å². The molecule has 0 bridgehead atoms. The van der Waals surface area contributed by atoms with E-state index in [-0.39, 0.29) is 5.41 Å². The molecule has 120 valence electrons. The normalized spacial score (nSPS) is 21.3. The highest BCUT2D eigenvalue weighted by Crippen LogP contribution is 2.44. The molecule has 2 N–H and O–H groups in total. The van der Waals surface area contributed by atoms with E-state index in [1.165, 1.54) is 24.8 Å². The highest BCUT2D eigenvalue weighted by molar-refractivity contribution is 7.99. The van der Waals surface area contributed by atoms with Crippen molar-refractivity contribution in [2.45, 2.75) is 24.7 Å². The highest BCUT2D eigenvalue weighted by Gasteiger charge is 2.38. The van der Waals surface area contributed by atoms with Crippen molar-refractivity contribution in [3.05, 3.63) is 29.8 Å². The van der Waals surface area contributed by atoms with Gasteiger partial charge in [0, 0.05) is 30.0 Å². The van der Waals surface area contributed by atoms with Gasteiger partial charge in [0.05, 0.1) is 13.7 Å². The minimum atomic E-state index is 0.182. The first kappa shape index (κ1) is 15.5. The Hall–Kier alpha value is -1.36. The number of hydrogen-bond acceptors (Lipinski definition) is 3. The van der Waals surface area contributed by atoms with Gasteiger partial charge in [-0.05, 0) is 30.5 Å². The molecule has 1 aliphatic heterocycles. The van der Waals surface area contributed by atoms with Gasteiger partial charge in [-0.15, -0.1) is 0 Å². The Labute approximate surface area is 137 Å². The second-order valence-corrected chi connectivity index (χ2v) is 7.36. The van der Waals surface area contributed by atoms with Crippen LogP contribution in [0.25, 0.3) is 0 Å². The monoisotopic (exact) mass is 319 g/mol. The van der Waals surface area contributed by atoms with Crippen LogP contribution in [0.5, 0.6) is 5.75 Å². The minimum Gasteiger partial charge on any atom is -0.497 e. The molecule has 2 fully saturated rings. The van der Waals surface area contributed by atoms with Gasteiger partial charge in [0.2, 0.25) is 0 Å². The van der Waals surface area contributed by atoms with Crippen molar-refractivity contribution >= 4 is 17.7 Å². The highest BCUT2D eigenvalue weighted by atomic mass is 32.2. The van der Waals surface area contributed by atoms with E-state index in [9.17, 15) is 0 Å². The van der Waals surface area contributed by atoms with Crippen LogP contribution in [-0.2, 0) is 5.41 Å². The number of methoxy groups -OCH3 is 1. The van der Waals surface area contributed by atoms with Gasteiger partial charge in [-0.25, -0.2) is 0 Å². The summed E-state index contributed by atoms with van der Waals surface area (Å²) < 4.78 is 5.25. The van der Waals surface area contributed by atoms with Gasteiger partial charge in [0.15, 0.2) is 5.96 Å². The average molecular weight is 319 g/mol. The van der Waals surface area contributed by atoms with Crippen LogP contribution in [-0.4, -0.2) is 49.1 Å². The number of nitrogens with zero attached hydrogens (tertiary/aromatic N) is 2. The average Bonchev–Trinajstić information content (AvgIpc) is 2.55. The molecule has 0 unspecified atom stereocenters. The Morgan fingerprint density at radius 3 is 2.50 bits per heavy atom. The third-order valence-electron chi connectivity index (χ3n) is 4.89. The number of rotatable bonds is 4. The summed E-state index contributed by atoms with van der Waals surface area (Å²) in [7, 11) is 1.70. The molecule has 1 saturated carbocycles. The summed E-state index contributed by atoms with van der Waals surface area (Å²) in [5.74, 6) is 3.94. The van der Waals surface area contributed by atoms with Crippen molar-refractivity contribution in [2.75, 3.05) is 38.2 Å². The van der Waals surface area contributed by atoms with E-state index in [1.54, 1.807) is 7.11 Å².